The summed E-state index contributed by atoms with van der Waals surface area (Å²) in [4.78, 5) is 19.8. The van der Waals surface area contributed by atoms with E-state index in [2.05, 4.69) is 25.7 Å². The summed E-state index contributed by atoms with van der Waals surface area (Å²) < 4.78 is 45.6. The number of anilines is 3. The van der Waals surface area contributed by atoms with Gasteiger partial charge in [0.2, 0.25) is 5.95 Å². The molecule has 0 bridgehead atoms. The maximum absolute atomic E-state index is 13.2. The van der Waals surface area contributed by atoms with Crippen LogP contribution in [0.1, 0.15) is 24.6 Å². The average Bonchev–Trinajstić information content (AvgIpc) is 3.06. The lowest BCUT2D eigenvalue weighted by molar-refractivity contribution is -0.142. The normalized spacial score (nSPS) is 23.1. The molecular formula is C16H14B3F3N6O2. The minimum atomic E-state index is -4.63. The number of esters is 1. The van der Waals surface area contributed by atoms with Gasteiger partial charge in [0.05, 0.1) is 35.8 Å². The minimum Gasteiger partial charge on any atom is -0.465 e. The molecule has 2 aromatic rings. The van der Waals surface area contributed by atoms with Crippen molar-refractivity contribution in [1.29, 1.82) is 0 Å². The number of hydrogen-bond donors (Lipinski definition) is 2. The Morgan fingerprint density at radius 2 is 2.10 bits per heavy atom. The molecule has 0 unspecified atom stereocenters. The molecule has 2 fully saturated rings. The monoisotopic (exact) mass is 412 g/mol. The van der Waals surface area contributed by atoms with Gasteiger partial charge in [-0.25, -0.2) is 4.98 Å². The molecule has 1 aliphatic carbocycles. The number of rotatable bonds is 6. The Balaban J connectivity index is 1.71. The van der Waals surface area contributed by atoms with Crippen LogP contribution >= 0.6 is 0 Å². The Bertz CT molecular complexity index is 1010. The second-order valence-corrected chi connectivity index (χ2v) is 7.29. The van der Waals surface area contributed by atoms with Crippen molar-refractivity contribution in [2.24, 2.45) is 5.92 Å². The Hall–Kier alpha value is -2.66. The summed E-state index contributed by atoms with van der Waals surface area (Å²) in [5.41, 5.74) is -1.55. The van der Waals surface area contributed by atoms with Gasteiger partial charge in [0.15, 0.2) is 0 Å². The highest BCUT2D eigenvalue weighted by molar-refractivity contribution is 6.56. The summed E-state index contributed by atoms with van der Waals surface area (Å²) in [5.74, 6) is -0.866. The topological polar surface area (TPSA) is 94.0 Å². The zero-order valence-electron chi connectivity index (χ0n) is 15.8. The van der Waals surface area contributed by atoms with Crippen molar-refractivity contribution in [3.8, 4) is 0 Å². The molecule has 8 nitrogen and oxygen atoms in total. The van der Waals surface area contributed by atoms with Gasteiger partial charge in [0.1, 0.15) is 22.6 Å². The summed E-state index contributed by atoms with van der Waals surface area (Å²) in [6.45, 7) is 2.14. The fraction of sp³-hybridized carbons (Fsp3) is 0.500. The van der Waals surface area contributed by atoms with Crippen LogP contribution in [-0.4, -0.2) is 62.4 Å². The lowest BCUT2D eigenvalue weighted by Gasteiger charge is -2.24. The Morgan fingerprint density at radius 1 is 1.37 bits per heavy atom. The number of alkyl halides is 3. The molecule has 2 aliphatic rings. The molecule has 14 heteroatoms. The number of fused-ring (bicyclic) bond motifs is 1. The minimum absolute atomic E-state index is 0.00778. The molecule has 3 heterocycles. The number of carbonyl (C=O) groups is 1. The molecule has 1 aliphatic heterocycles. The zero-order valence-corrected chi connectivity index (χ0v) is 15.8. The molecule has 2 atom stereocenters. The smallest absolute Gasteiger partial charge is 0.421 e. The molecule has 4 rings (SSSR count). The molecule has 1 saturated heterocycles. The third kappa shape index (κ3) is 3.31. The summed E-state index contributed by atoms with van der Waals surface area (Å²) in [6, 6.07) is 1.49. The van der Waals surface area contributed by atoms with Gasteiger partial charge in [-0.15, -0.1) is 0 Å². The first-order chi connectivity index (χ1) is 14.0. The van der Waals surface area contributed by atoms with Crippen LogP contribution < -0.4 is 10.6 Å². The van der Waals surface area contributed by atoms with Crippen molar-refractivity contribution >= 4 is 47.1 Å². The molecule has 150 valence electrons. The molecule has 0 amide bonds. The first-order valence-corrected chi connectivity index (χ1v) is 9.07. The molecule has 2 N–H and O–H groups in total. The average molecular weight is 412 g/mol. The van der Waals surface area contributed by atoms with Gasteiger partial charge >= 0.3 is 12.1 Å². The molecule has 30 heavy (non-hydrogen) atoms. The van der Waals surface area contributed by atoms with E-state index in [-0.39, 0.29) is 24.2 Å². The van der Waals surface area contributed by atoms with Crippen LogP contribution in [-0.2, 0) is 26.4 Å². The quantitative estimate of drug-likeness (QED) is 0.535. The van der Waals surface area contributed by atoms with E-state index in [1.54, 1.807) is 6.92 Å². The fourth-order valence-corrected chi connectivity index (χ4v) is 3.55. The van der Waals surface area contributed by atoms with Gasteiger partial charge in [-0.3, -0.25) is 9.48 Å². The summed E-state index contributed by atoms with van der Waals surface area (Å²) in [6.07, 6.45) is -3.41. The molecule has 2 aromatic heterocycles. The predicted molar refractivity (Wildman–Crippen MR) is 103 cm³/mol. The third-order valence-corrected chi connectivity index (χ3v) is 5.10. The molecular weight excluding hydrogens is 398 g/mol. The number of cyclic esters (lactones) is 1. The largest absolute Gasteiger partial charge is 0.465 e. The standard InChI is InChI=1S/C16H14B3F3N6O2/c1-2-23-11-8(15(20,21)22)5-24-13(26-11)25-10-3-9(27-28(10)16(17,18)19)14-4-7(14)6-30-12(14)29/h3,5,7H,2,4,6H2,1H3,(H2,23,24,25,26)/t7-,14-/m0/s1. The number of hydrogen-bond acceptors (Lipinski definition) is 7. The number of nitrogens with one attached hydrogen (secondary N) is 2. The summed E-state index contributed by atoms with van der Waals surface area (Å²) in [7, 11) is 17.3. The van der Waals surface area contributed by atoms with E-state index in [1.807, 2.05) is 0 Å². The van der Waals surface area contributed by atoms with E-state index >= 15 is 0 Å². The Morgan fingerprint density at radius 3 is 2.63 bits per heavy atom. The van der Waals surface area contributed by atoms with E-state index in [4.69, 9.17) is 28.3 Å². The first kappa shape index (κ1) is 20.6. The first-order valence-electron chi connectivity index (χ1n) is 9.07. The third-order valence-electron chi connectivity index (χ3n) is 5.10. The lowest BCUT2D eigenvalue weighted by Crippen LogP contribution is -2.37. The van der Waals surface area contributed by atoms with Gasteiger partial charge in [0.25, 0.3) is 0 Å². The van der Waals surface area contributed by atoms with Crippen molar-refractivity contribution < 1.29 is 22.7 Å². The highest BCUT2D eigenvalue weighted by atomic mass is 19.4. The van der Waals surface area contributed by atoms with Crippen LogP contribution in [0.15, 0.2) is 12.3 Å². The molecule has 0 spiro atoms. The van der Waals surface area contributed by atoms with Crippen molar-refractivity contribution in [1.82, 2.24) is 19.7 Å². The predicted octanol–water partition coefficient (Wildman–Crippen LogP) is 0.755. The number of ether oxygens (including phenoxy) is 1. The molecule has 0 aromatic carbocycles. The summed E-state index contributed by atoms with van der Waals surface area (Å²) >= 11 is 0. The summed E-state index contributed by atoms with van der Waals surface area (Å²) in [5, 5.41) is 7.59. The SMILES string of the molecule is [B]C([B])([B])n1nc([C@]23C[C@H]2COC3=O)cc1Nc1ncc(C(F)(F)F)c(NCC)n1. The molecule has 6 radical (unpaired) electrons. The van der Waals surface area contributed by atoms with Crippen LogP contribution in [0.4, 0.5) is 30.8 Å². The second kappa shape index (κ2) is 6.68. The zero-order chi connectivity index (χ0) is 21.9. The van der Waals surface area contributed by atoms with Crippen molar-refractivity contribution in [2.45, 2.75) is 30.2 Å². The second-order valence-electron chi connectivity index (χ2n) is 7.29. The van der Waals surface area contributed by atoms with E-state index in [9.17, 15) is 18.0 Å². The molecule has 1 saturated carbocycles. The van der Waals surface area contributed by atoms with E-state index in [0.717, 1.165) is 4.68 Å². The van der Waals surface area contributed by atoms with Gasteiger partial charge in [-0.05, 0) is 18.6 Å². The number of carbonyl (C=O) groups excluding carboxylic acids is 1. The Kier molecular flexibility index (Phi) is 4.59. The maximum Gasteiger partial charge on any atom is 0.421 e. The van der Waals surface area contributed by atoms with Gasteiger partial charge in [-0.2, -0.15) is 23.3 Å². The van der Waals surface area contributed by atoms with E-state index in [0.29, 0.717) is 24.9 Å². The lowest BCUT2D eigenvalue weighted by atomic mass is 9.49. The number of nitrogens with zero attached hydrogens (tertiary/aromatic N) is 4. The van der Waals surface area contributed by atoms with Crippen molar-refractivity contribution in [3.63, 3.8) is 0 Å². The van der Waals surface area contributed by atoms with E-state index < -0.39 is 34.2 Å². The van der Waals surface area contributed by atoms with Gasteiger partial charge < -0.3 is 15.4 Å². The van der Waals surface area contributed by atoms with Gasteiger partial charge in [0, 0.05) is 24.7 Å². The fourth-order valence-electron chi connectivity index (χ4n) is 3.55. The highest BCUT2D eigenvalue weighted by Crippen LogP contribution is 2.59. The van der Waals surface area contributed by atoms with E-state index in [1.165, 1.54) is 6.07 Å². The number of aromatic nitrogens is 4. The highest BCUT2D eigenvalue weighted by Gasteiger charge is 2.68. The number of halogens is 3. The van der Waals surface area contributed by atoms with Crippen molar-refractivity contribution in [3.05, 3.63) is 23.5 Å². The van der Waals surface area contributed by atoms with Crippen LogP contribution in [0.2, 0.25) is 0 Å². The maximum atomic E-state index is 13.2. The van der Waals surface area contributed by atoms with Crippen LogP contribution in [0.25, 0.3) is 0 Å². The van der Waals surface area contributed by atoms with Crippen LogP contribution in [0.5, 0.6) is 0 Å². The van der Waals surface area contributed by atoms with Crippen LogP contribution in [0.3, 0.4) is 0 Å². The van der Waals surface area contributed by atoms with Gasteiger partial charge in [-0.1, -0.05) is 0 Å². The Labute approximate surface area is 173 Å². The van der Waals surface area contributed by atoms with Crippen molar-refractivity contribution in [2.75, 3.05) is 23.8 Å². The van der Waals surface area contributed by atoms with Crippen LogP contribution in [0, 0.1) is 5.92 Å².